The number of aliphatic hydroxyl groups excluding tert-OH is 2. The van der Waals surface area contributed by atoms with Gasteiger partial charge in [-0.3, -0.25) is 4.99 Å². The van der Waals surface area contributed by atoms with Crippen LogP contribution in [0.3, 0.4) is 0 Å². The molecule has 0 amide bonds. The molecule has 2 heterocycles. The van der Waals surface area contributed by atoms with E-state index < -0.39 is 12.2 Å². The molecule has 142 valence electrons. The summed E-state index contributed by atoms with van der Waals surface area (Å²) in [6.45, 7) is 0.765. The van der Waals surface area contributed by atoms with E-state index in [1.54, 1.807) is 12.1 Å². The van der Waals surface area contributed by atoms with Gasteiger partial charge in [-0.25, -0.2) is 4.39 Å². The number of nitrogens with zero attached hydrogens (tertiary/aromatic N) is 2. The molecule has 0 aromatic heterocycles. The van der Waals surface area contributed by atoms with Crippen molar-refractivity contribution in [1.29, 1.82) is 0 Å². The van der Waals surface area contributed by atoms with Gasteiger partial charge < -0.3 is 15.1 Å². The largest absolute Gasteiger partial charge is 0.390 e. The van der Waals surface area contributed by atoms with Crippen molar-refractivity contribution in [3.63, 3.8) is 0 Å². The van der Waals surface area contributed by atoms with Crippen LogP contribution in [0.2, 0.25) is 0 Å². The molecule has 0 aliphatic carbocycles. The maximum atomic E-state index is 13.4. The fourth-order valence-corrected chi connectivity index (χ4v) is 4.24. The van der Waals surface area contributed by atoms with E-state index in [1.165, 1.54) is 17.7 Å². The summed E-state index contributed by atoms with van der Waals surface area (Å²) in [5.41, 5.74) is 4.06. The van der Waals surface area contributed by atoms with Crippen LogP contribution in [0.25, 0.3) is 0 Å². The monoisotopic (exact) mass is 368 g/mol. The molecule has 1 saturated heterocycles. The summed E-state index contributed by atoms with van der Waals surface area (Å²) in [4.78, 5) is 7.10. The van der Waals surface area contributed by atoms with Crippen molar-refractivity contribution in [1.82, 2.24) is 4.90 Å². The number of halogens is 1. The summed E-state index contributed by atoms with van der Waals surface area (Å²) in [6, 6.07) is 14.5. The Balaban J connectivity index is 1.66. The number of benzene rings is 2. The molecule has 0 spiro atoms. The molecule has 0 radical (unpaired) electrons. The molecule has 2 aliphatic rings. The van der Waals surface area contributed by atoms with E-state index in [0.29, 0.717) is 12.8 Å². The first-order valence-corrected chi connectivity index (χ1v) is 9.51. The van der Waals surface area contributed by atoms with E-state index in [9.17, 15) is 14.6 Å². The van der Waals surface area contributed by atoms with Crippen LogP contribution in [-0.2, 0) is 6.42 Å². The maximum Gasteiger partial charge on any atom is 0.123 e. The van der Waals surface area contributed by atoms with Gasteiger partial charge in [-0.05, 0) is 56.1 Å². The van der Waals surface area contributed by atoms with Gasteiger partial charge in [-0.1, -0.05) is 24.3 Å². The Kier molecular flexibility index (Phi) is 5.08. The molecule has 2 aromatic carbocycles. The number of likely N-dealkylation sites (N-methyl/N-ethyl adjacent to an activating group) is 1. The Morgan fingerprint density at radius 3 is 2.63 bits per heavy atom. The minimum absolute atomic E-state index is 0.00681. The van der Waals surface area contributed by atoms with Crippen molar-refractivity contribution in [3.05, 3.63) is 71.0 Å². The van der Waals surface area contributed by atoms with E-state index in [-0.39, 0.29) is 17.9 Å². The van der Waals surface area contributed by atoms with Crippen molar-refractivity contribution in [3.8, 4) is 0 Å². The van der Waals surface area contributed by atoms with Gasteiger partial charge in [0.15, 0.2) is 0 Å². The van der Waals surface area contributed by atoms with E-state index in [1.807, 2.05) is 19.2 Å². The third-order valence-electron chi connectivity index (χ3n) is 5.80. The van der Waals surface area contributed by atoms with Crippen LogP contribution in [0.4, 0.5) is 4.39 Å². The Hall–Kier alpha value is -2.08. The number of rotatable bonds is 3. The van der Waals surface area contributed by atoms with Gasteiger partial charge in [0.25, 0.3) is 0 Å². The highest BCUT2D eigenvalue weighted by molar-refractivity contribution is 6.14. The lowest BCUT2D eigenvalue weighted by molar-refractivity contribution is -0.0720. The number of hydrogen-bond donors (Lipinski definition) is 2. The standard InChI is InChI=1S/C22H25FN2O2/c1-25-11-10-20(26)22(27)19(25)13-17-12-15-4-2-3-5-18(15)21(24-17)14-6-8-16(23)9-7-14/h2-9,17,19-20,22,26-27H,10-13H2,1H3/t17-,19+,20+,22+/m0/s1. The molecule has 4 rings (SSSR count). The Morgan fingerprint density at radius 2 is 1.85 bits per heavy atom. The second-order valence-corrected chi connectivity index (χ2v) is 7.63. The van der Waals surface area contributed by atoms with Gasteiger partial charge in [0.2, 0.25) is 0 Å². The predicted octanol–water partition coefficient (Wildman–Crippen LogP) is 2.40. The average Bonchev–Trinajstić information content (AvgIpc) is 2.68. The molecule has 2 aromatic rings. The van der Waals surface area contributed by atoms with Crippen LogP contribution >= 0.6 is 0 Å². The zero-order chi connectivity index (χ0) is 19.0. The van der Waals surface area contributed by atoms with Crippen LogP contribution in [0.15, 0.2) is 53.5 Å². The first kappa shape index (κ1) is 18.3. The van der Waals surface area contributed by atoms with Gasteiger partial charge in [0, 0.05) is 23.7 Å². The zero-order valence-electron chi connectivity index (χ0n) is 15.4. The van der Waals surface area contributed by atoms with Crippen LogP contribution in [-0.4, -0.2) is 58.7 Å². The SMILES string of the molecule is CN1CC[C@@H](O)[C@H](O)[C@H]1C[C@@H]1Cc2ccccc2C(c2ccc(F)cc2)=N1. The summed E-state index contributed by atoms with van der Waals surface area (Å²) >= 11 is 0. The fourth-order valence-electron chi connectivity index (χ4n) is 4.24. The molecule has 5 heteroatoms. The fraction of sp³-hybridized carbons (Fsp3) is 0.409. The molecule has 27 heavy (non-hydrogen) atoms. The molecular weight excluding hydrogens is 343 g/mol. The normalized spacial score (nSPS) is 28.5. The molecule has 0 unspecified atom stereocenters. The van der Waals surface area contributed by atoms with Crippen molar-refractivity contribution < 1.29 is 14.6 Å². The van der Waals surface area contributed by atoms with Gasteiger partial charge in [0.1, 0.15) is 5.82 Å². The Bertz CT molecular complexity index is 836. The predicted molar refractivity (Wildman–Crippen MR) is 104 cm³/mol. The highest BCUT2D eigenvalue weighted by atomic mass is 19.1. The minimum Gasteiger partial charge on any atom is -0.390 e. The highest BCUT2D eigenvalue weighted by Gasteiger charge is 2.36. The van der Waals surface area contributed by atoms with E-state index in [2.05, 4.69) is 17.0 Å². The van der Waals surface area contributed by atoms with Crippen molar-refractivity contribution in [2.45, 2.75) is 43.6 Å². The van der Waals surface area contributed by atoms with Crippen LogP contribution in [0.5, 0.6) is 0 Å². The van der Waals surface area contributed by atoms with Crippen LogP contribution in [0, 0.1) is 5.82 Å². The maximum absolute atomic E-state index is 13.4. The van der Waals surface area contributed by atoms with Gasteiger partial charge in [0.05, 0.1) is 24.0 Å². The first-order valence-electron chi connectivity index (χ1n) is 9.51. The van der Waals surface area contributed by atoms with Crippen molar-refractivity contribution in [2.24, 2.45) is 4.99 Å². The number of fused-ring (bicyclic) bond motifs is 1. The van der Waals surface area contributed by atoms with Crippen LogP contribution in [0.1, 0.15) is 29.5 Å². The van der Waals surface area contributed by atoms with E-state index in [4.69, 9.17) is 4.99 Å². The molecule has 4 atom stereocenters. The lowest BCUT2D eigenvalue weighted by atomic mass is 9.85. The first-order chi connectivity index (χ1) is 13.0. The lowest BCUT2D eigenvalue weighted by Gasteiger charge is -2.41. The zero-order valence-corrected chi connectivity index (χ0v) is 15.4. The third-order valence-corrected chi connectivity index (χ3v) is 5.80. The van der Waals surface area contributed by atoms with E-state index >= 15 is 0 Å². The van der Waals surface area contributed by atoms with Gasteiger partial charge in [-0.2, -0.15) is 0 Å². The summed E-state index contributed by atoms with van der Waals surface area (Å²) in [5.74, 6) is -0.263. The lowest BCUT2D eigenvalue weighted by Crippen LogP contribution is -2.54. The topological polar surface area (TPSA) is 56.1 Å². The molecule has 1 fully saturated rings. The number of aliphatic imine (C=N–C) groups is 1. The van der Waals surface area contributed by atoms with E-state index in [0.717, 1.165) is 29.8 Å². The Labute approximate surface area is 159 Å². The number of likely N-dealkylation sites (tertiary alicyclic amines) is 1. The third kappa shape index (κ3) is 3.68. The quantitative estimate of drug-likeness (QED) is 0.875. The molecular formula is C22H25FN2O2. The summed E-state index contributed by atoms with van der Waals surface area (Å²) in [6.07, 6.45) is 0.626. The second-order valence-electron chi connectivity index (χ2n) is 7.63. The molecule has 2 aliphatic heterocycles. The summed E-state index contributed by atoms with van der Waals surface area (Å²) in [5, 5.41) is 20.5. The molecule has 0 saturated carbocycles. The number of aliphatic hydroxyl groups is 2. The Morgan fingerprint density at radius 1 is 1.11 bits per heavy atom. The summed E-state index contributed by atoms with van der Waals surface area (Å²) < 4.78 is 13.4. The van der Waals surface area contributed by atoms with Crippen LogP contribution < -0.4 is 0 Å². The van der Waals surface area contributed by atoms with Gasteiger partial charge >= 0.3 is 0 Å². The molecule has 4 nitrogen and oxygen atoms in total. The summed E-state index contributed by atoms with van der Waals surface area (Å²) in [7, 11) is 1.99. The second kappa shape index (κ2) is 7.50. The van der Waals surface area contributed by atoms with Gasteiger partial charge in [-0.15, -0.1) is 0 Å². The highest BCUT2D eigenvalue weighted by Crippen LogP contribution is 2.28. The smallest absolute Gasteiger partial charge is 0.123 e. The van der Waals surface area contributed by atoms with Crippen molar-refractivity contribution >= 4 is 5.71 Å². The number of hydrogen-bond acceptors (Lipinski definition) is 4. The number of piperidine rings is 1. The molecule has 2 N–H and O–H groups in total. The average molecular weight is 368 g/mol. The molecule has 0 bridgehead atoms. The minimum atomic E-state index is -0.759. The van der Waals surface area contributed by atoms with Crippen molar-refractivity contribution in [2.75, 3.05) is 13.6 Å².